The predicted molar refractivity (Wildman–Crippen MR) is 53.3 cm³/mol. The Morgan fingerprint density at radius 1 is 1.25 bits per heavy atom. The van der Waals surface area contributed by atoms with Crippen LogP contribution in [0.5, 0.6) is 0 Å². The minimum absolute atomic E-state index is 0.328. The maximum absolute atomic E-state index is 12.2. The van der Waals surface area contributed by atoms with Crippen LogP contribution in [0.15, 0.2) is 30.5 Å². The second-order valence-electron chi connectivity index (χ2n) is 3.53. The summed E-state index contributed by atoms with van der Waals surface area (Å²) in [6.45, 7) is 0. The first-order valence-corrected chi connectivity index (χ1v) is 4.56. The van der Waals surface area contributed by atoms with Crippen molar-refractivity contribution in [3.05, 3.63) is 36.0 Å². The number of carbonyl (C=O) groups is 1. The number of hydrogen-bond donors (Lipinski definition) is 0. The van der Waals surface area contributed by atoms with Crippen molar-refractivity contribution < 1.29 is 18.0 Å². The van der Waals surface area contributed by atoms with Gasteiger partial charge in [-0.05, 0) is 24.3 Å². The summed E-state index contributed by atoms with van der Waals surface area (Å²) in [6.07, 6.45) is -3.09. The van der Waals surface area contributed by atoms with Crippen molar-refractivity contribution in [2.24, 2.45) is 7.05 Å². The van der Waals surface area contributed by atoms with Gasteiger partial charge in [0.2, 0.25) is 0 Å². The van der Waals surface area contributed by atoms with E-state index in [4.69, 9.17) is 0 Å². The second kappa shape index (κ2) is 3.37. The highest BCUT2D eigenvalue weighted by Crippen LogP contribution is 2.24. The maximum atomic E-state index is 12.2. The Labute approximate surface area is 89.3 Å². The molecule has 2 aromatic rings. The lowest BCUT2D eigenvalue weighted by Crippen LogP contribution is -2.22. The first-order valence-electron chi connectivity index (χ1n) is 4.56. The zero-order chi connectivity index (χ0) is 11.9. The lowest BCUT2D eigenvalue weighted by atomic mass is 10.1. The smallest absolute Gasteiger partial charge is 0.351 e. The summed E-state index contributed by atoms with van der Waals surface area (Å²) in [5.74, 6) is -1.81. The Hall–Kier alpha value is -1.78. The van der Waals surface area contributed by atoms with E-state index in [2.05, 4.69) is 0 Å². The Morgan fingerprint density at radius 3 is 2.56 bits per heavy atom. The number of aromatic nitrogens is 1. The van der Waals surface area contributed by atoms with E-state index in [9.17, 15) is 18.0 Å². The number of hydrogen-bond acceptors (Lipinski definition) is 1. The molecule has 1 aromatic heterocycles. The third-order valence-electron chi connectivity index (χ3n) is 2.40. The minimum atomic E-state index is -4.82. The van der Waals surface area contributed by atoms with Crippen LogP contribution >= 0.6 is 0 Å². The van der Waals surface area contributed by atoms with Crippen LogP contribution in [0.4, 0.5) is 13.2 Å². The van der Waals surface area contributed by atoms with Gasteiger partial charge in [0.05, 0.1) is 0 Å². The van der Waals surface area contributed by atoms with Crippen molar-refractivity contribution in [1.82, 2.24) is 4.57 Å². The Morgan fingerprint density at radius 2 is 1.94 bits per heavy atom. The number of fused-ring (bicyclic) bond motifs is 1. The summed E-state index contributed by atoms with van der Waals surface area (Å²) < 4.78 is 38.3. The van der Waals surface area contributed by atoms with Gasteiger partial charge in [0, 0.05) is 29.7 Å². The average Bonchev–Trinajstić information content (AvgIpc) is 2.57. The summed E-state index contributed by atoms with van der Waals surface area (Å²) in [4.78, 5) is 11.0. The molecule has 84 valence electrons. The van der Waals surface area contributed by atoms with Gasteiger partial charge in [-0.15, -0.1) is 0 Å². The zero-order valence-electron chi connectivity index (χ0n) is 8.38. The number of nitrogens with zero attached hydrogens (tertiary/aromatic N) is 1. The quantitative estimate of drug-likeness (QED) is 0.686. The highest BCUT2D eigenvalue weighted by Gasteiger charge is 2.39. The van der Waals surface area contributed by atoms with E-state index in [0.29, 0.717) is 5.39 Å². The molecule has 0 bridgehead atoms. The van der Waals surface area contributed by atoms with Crippen LogP contribution in [0.1, 0.15) is 10.4 Å². The molecule has 16 heavy (non-hydrogen) atoms. The Balaban J connectivity index is 2.52. The molecule has 0 fully saturated rings. The maximum Gasteiger partial charge on any atom is 0.454 e. The molecule has 0 saturated carbocycles. The average molecular weight is 227 g/mol. The fourth-order valence-electron chi connectivity index (χ4n) is 1.59. The zero-order valence-corrected chi connectivity index (χ0v) is 8.38. The topological polar surface area (TPSA) is 22.0 Å². The molecular weight excluding hydrogens is 219 g/mol. The molecular formula is C11H8F3NO. The van der Waals surface area contributed by atoms with Gasteiger partial charge in [-0.3, -0.25) is 4.79 Å². The summed E-state index contributed by atoms with van der Waals surface area (Å²) >= 11 is 0. The largest absolute Gasteiger partial charge is 0.454 e. The molecule has 0 atom stereocenters. The van der Waals surface area contributed by atoms with Crippen molar-refractivity contribution in [3.8, 4) is 0 Å². The molecule has 5 heteroatoms. The van der Waals surface area contributed by atoms with Gasteiger partial charge in [0.25, 0.3) is 5.78 Å². The monoisotopic (exact) mass is 227 g/mol. The van der Waals surface area contributed by atoms with Crippen LogP contribution in [0.2, 0.25) is 0 Å². The Bertz CT molecular complexity index is 554. The number of alkyl halides is 3. The van der Waals surface area contributed by atoms with Gasteiger partial charge in [0.15, 0.2) is 0 Å². The second-order valence-corrected chi connectivity index (χ2v) is 3.53. The van der Waals surface area contributed by atoms with Crippen LogP contribution in [0.25, 0.3) is 10.9 Å². The number of ketones is 1. The standard InChI is InChI=1S/C11H8F3NO/c1-15-5-4-7-6-8(2-3-9(7)15)10(16)11(12,13)14/h2-6H,1H3. The van der Waals surface area contributed by atoms with Crippen LogP contribution in [-0.4, -0.2) is 16.5 Å². The number of Topliss-reactive ketones (excluding diaryl/α,β-unsaturated/α-hetero) is 1. The summed E-state index contributed by atoms with van der Waals surface area (Å²) in [6, 6.07) is 5.63. The molecule has 0 aliphatic rings. The van der Waals surface area contributed by atoms with Gasteiger partial charge in [0.1, 0.15) is 0 Å². The SMILES string of the molecule is Cn1ccc2cc(C(=O)C(F)(F)F)ccc21. The molecule has 1 heterocycles. The number of aryl methyl sites for hydroxylation is 1. The van der Waals surface area contributed by atoms with Crippen LogP contribution < -0.4 is 0 Å². The van der Waals surface area contributed by atoms with Gasteiger partial charge < -0.3 is 4.57 Å². The van der Waals surface area contributed by atoms with Crippen molar-refractivity contribution in [1.29, 1.82) is 0 Å². The molecule has 0 spiro atoms. The van der Waals surface area contributed by atoms with Crippen LogP contribution in [0, 0.1) is 0 Å². The van der Waals surface area contributed by atoms with Crippen molar-refractivity contribution in [3.63, 3.8) is 0 Å². The van der Waals surface area contributed by atoms with Crippen LogP contribution in [-0.2, 0) is 7.05 Å². The van der Waals surface area contributed by atoms with E-state index in [0.717, 1.165) is 5.52 Å². The molecule has 0 N–H and O–H groups in total. The lowest BCUT2D eigenvalue weighted by Gasteiger charge is -2.05. The first kappa shape index (κ1) is 10.7. The van der Waals surface area contributed by atoms with Gasteiger partial charge in [-0.25, -0.2) is 0 Å². The molecule has 0 amide bonds. The molecule has 2 nitrogen and oxygen atoms in total. The number of benzene rings is 1. The predicted octanol–water partition coefficient (Wildman–Crippen LogP) is 2.92. The highest BCUT2D eigenvalue weighted by molar-refractivity contribution is 6.02. The third kappa shape index (κ3) is 1.68. The molecule has 0 radical (unpaired) electrons. The summed E-state index contributed by atoms with van der Waals surface area (Å²) in [5, 5.41) is 0.623. The van der Waals surface area contributed by atoms with Crippen molar-refractivity contribution in [2.45, 2.75) is 6.18 Å². The summed E-state index contributed by atoms with van der Waals surface area (Å²) in [7, 11) is 1.79. The molecule has 0 aliphatic carbocycles. The van der Waals surface area contributed by atoms with E-state index in [-0.39, 0.29) is 5.56 Å². The van der Waals surface area contributed by atoms with Crippen molar-refractivity contribution >= 4 is 16.7 Å². The molecule has 1 aromatic carbocycles. The highest BCUT2D eigenvalue weighted by atomic mass is 19.4. The molecule has 0 aliphatic heterocycles. The van der Waals surface area contributed by atoms with Crippen molar-refractivity contribution in [2.75, 3.05) is 0 Å². The minimum Gasteiger partial charge on any atom is -0.351 e. The van der Waals surface area contributed by atoms with Crippen LogP contribution in [0.3, 0.4) is 0 Å². The molecule has 2 rings (SSSR count). The summed E-state index contributed by atoms with van der Waals surface area (Å²) in [5.41, 5.74) is 0.463. The first-order chi connectivity index (χ1) is 7.39. The van der Waals surface area contributed by atoms with Gasteiger partial charge in [-0.1, -0.05) is 0 Å². The fraction of sp³-hybridized carbons (Fsp3) is 0.182. The number of halogens is 3. The van der Waals surface area contributed by atoms with E-state index < -0.39 is 12.0 Å². The lowest BCUT2D eigenvalue weighted by molar-refractivity contribution is -0.0885. The van der Waals surface area contributed by atoms with E-state index in [1.54, 1.807) is 23.9 Å². The normalized spacial score (nSPS) is 12.0. The van der Waals surface area contributed by atoms with E-state index in [1.807, 2.05) is 0 Å². The van der Waals surface area contributed by atoms with E-state index in [1.165, 1.54) is 18.2 Å². The number of carbonyl (C=O) groups excluding carboxylic acids is 1. The van der Waals surface area contributed by atoms with Gasteiger partial charge >= 0.3 is 6.18 Å². The fourth-order valence-corrected chi connectivity index (χ4v) is 1.59. The van der Waals surface area contributed by atoms with Gasteiger partial charge in [-0.2, -0.15) is 13.2 Å². The number of rotatable bonds is 1. The van der Waals surface area contributed by atoms with E-state index >= 15 is 0 Å². The third-order valence-corrected chi connectivity index (χ3v) is 2.40. The molecule has 0 saturated heterocycles. The Kier molecular flexibility index (Phi) is 2.26. The molecule has 0 unspecified atom stereocenters.